The van der Waals surface area contributed by atoms with Gasteiger partial charge in [-0.3, -0.25) is 9.78 Å². The second-order valence-electron chi connectivity index (χ2n) is 6.34. The third-order valence-electron chi connectivity index (χ3n) is 4.59. The van der Waals surface area contributed by atoms with Crippen molar-refractivity contribution in [1.29, 1.82) is 0 Å². The van der Waals surface area contributed by atoms with Gasteiger partial charge in [-0.25, -0.2) is 4.79 Å². The average molecular weight is 317 g/mol. The number of hydrogen-bond acceptors (Lipinski definition) is 4. The molecule has 2 heterocycles. The number of rotatable bonds is 4. The van der Waals surface area contributed by atoms with Crippen molar-refractivity contribution in [2.24, 2.45) is 0 Å². The van der Waals surface area contributed by atoms with E-state index in [1.165, 1.54) is 6.42 Å². The first kappa shape index (κ1) is 15.6. The summed E-state index contributed by atoms with van der Waals surface area (Å²) in [5.74, 6) is 0.0485. The lowest BCUT2D eigenvalue weighted by Crippen LogP contribution is -2.47. The molecule has 2 N–H and O–H groups in total. The number of carbonyl (C=O) groups is 2. The molecule has 7 heteroatoms. The van der Waals surface area contributed by atoms with Crippen LogP contribution >= 0.6 is 0 Å². The Bertz CT molecular complexity index is 600. The van der Waals surface area contributed by atoms with Gasteiger partial charge in [0.2, 0.25) is 5.91 Å². The Morgan fingerprint density at radius 2 is 2.13 bits per heavy atom. The van der Waals surface area contributed by atoms with E-state index in [2.05, 4.69) is 15.6 Å². The molecule has 1 atom stereocenters. The first-order valence-corrected chi connectivity index (χ1v) is 8.05. The van der Waals surface area contributed by atoms with Gasteiger partial charge in [-0.15, -0.1) is 0 Å². The summed E-state index contributed by atoms with van der Waals surface area (Å²) in [7, 11) is 3.77. The zero-order valence-corrected chi connectivity index (χ0v) is 13.6. The molecule has 23 heavy (non-hydrogen) atoms. The Hall–Kier alpha value is -2.31. The smallest absolute Gasteiger partial charge is 0.319 e. The normalized spacial score (nSPS) is 21.0. The summed E-state index contributed by atoms with van der Waals surface area (Å²) in [6.07, 6.45) is 7.38. The van der Waals surface area contributed by atoms with Crippen LogP contribution in [0.4, 0.5) is 16.2 Å². The molecule has 1 aliphatic carbocycles. The number of aromatic nitrogens is 1. The molecule has 3 amide bonds. The van der Waals surface area contributed by atoms with Gasteiger partial charge in [0.1, 0.15) is 6.04 Å². The zero-order chi connectivity index (χ0) is 16.4. The number of nitrogens with zero attached hydrogens (tertiary/aromatic N) is 3. The molecule has 1 saturated heterocycles. The van der Waals surface area contributed by atoms with Crippen LogP contribution in [0, 0.1) is 0 Å². The summed E-state index contributed by atoms with van der Waals surface area (Å²) in [5.41, 5.74) is 1.49. The van der Waals surface area contributed by atoms with Crippen molar-refractivity contribution in [3.63, 3.8) is 0 Å². The van der Waals surface area contributed by atoms with E-state index >= 15 is 0 Å². The van der Waals surface area contributed by atoms with Crippen LogP contribution in [-0.4, -0.2) is 54.5 Å². The number of hydrogen-bond donors (Lipinski definition) is 2. The maximum absolute atomic E-state index is 12.4. The van der Waals surface area contributed by atoms with Gasteiger partial charge in [0.05, 0.1) is 17.6 Å². The summed E-state index contributed by atoms with van der Waals surface area (Å²) in [6, 6.07) is 1.36. The van der Waals surface area contributed by atoms with Crippen molar-refractivity contribution in [3.05, 3.63) is 18.5 Å². The second kappa shape index (κ2) is 6.44. The number of urea groups is 1. The van der Waals surface area contributed by atoms with Crippen molar-refractivity contribution in [3.8, 4) is 0 Å². The lowest BCUT2D eigenvalue weighted by Gasteiger charge is -2.34. The standard InChI is InChI=1S/C16H23N5O2/c1-20(2)14-10-17-8-6-12(14)18-16(23)19-13-7-9-21(15(13)22)11-4-3-5-11/h6,8,10-11,13H,3-5,7,9H2,1-2H3,(H2,17,18,19,23). The number of likely N-dealkylation sites (tertiary alicyclic amines) is 1. The third-order valence-corrected chi connectivity index (χ3v) is 4.59. The highest BCUT2D eigenvalue weighted by atomic mass is 16.2. The lowest BCUT2D eigenvalue weighted by atomic mass is 9.92. The highest BCUT2D eigenvalue weighted by Crippen LogP contribution is 2.28. The van der Waals surface area contributed by atoms with Crippen molar-refractivity contribution in [2.75, 3.05) is 30.9 Å². The third kappa shape index (κ3) is 3.23. The minimum atomic E-state index is -0.416. The van der Waals surface area contributed by atoms with Crippen molar-refractivity contribution in [2.45, 2.75) is 37.8 Å². The van der Waals surface area contributed by atoms with E-state index in [0.717, 1.165) is 25.1 Å². The Balaban J connectivity index is 1.59. The van der Waals surface area contributed by atoms with Gasteiger partial charge < -0.3 is 20.4 Å². The summed E-state index contributed by atoms with van der Waals surface area (Å²) in [5, 5.41) is 5.61. The summed E-state index contributed by atoms with van der Waals surface area (Å²) < 4.78 is 0. The van der Waals surface area contributed by atoms with E-state index in [1.54, 1.807) is 18.5 Å². The molecule has 1 saturated carbocycles. The number of nitrogens with one attached hydrogen (secondary N) is 2. The molecule has 0 aromatic carbocycles. The van der Waals surface area contributed by atoms with Gasteiger partial charge >= 0.3 is 6.03 Å². The van der Waals surface area contributed by atoms with Gasteiger partial charge in [0.15, 0.2) is 0 Å². The van der Waals surface area contributed by atoms with Crippen LogP contribution in [0.5, 0.6) is 0 Å². The van der Waals surface area contributed by atoms with Crippen molar-refractivity contribution >= 4 is 23.3 Å². The molecule has 7 nitrogen and oxygen atoms in total. The van der Waals surface area contributed by atoms with Crippen LogP contribution in [0.25, 0.3) is 0 Å². The molecular weight excluding hydrogens is 294 g/mol. The van der Waals surface area contributed by atoms with E-state index in [4.69, 9.17) is 0 Å². The molecule has 1 unspecified atom stereocenters. The molecule has 1 aromatic rings. The predicted octanol–water partition coefficient (Wildman–Crippen LogP) is 1.42. The first-order valence-electron chi connectivity index (χ1n) is 8.05. The van der Waals surface area contributed by atoms with Gasteiger partial charge in [0.25, 0.3) is 0 Å². The van der Waals surface area contributed by atoms with E-state index in [1.807, 2.05) is 23.9 Å². The van der Waals surface area contributed by atoms with Crippen LogP contribution in [-0.2, 0) is 4.79 Å². The SMILES string of the molecule is CN(C)c1cnccc1NC(=O)NC1CCN(C2CCC2)C1=O. The van der Waals surface area contributed by atoms with Gasteiger partial charge in [0, 0.05) is 32.9 Å². The number of carbonyl (C=O) groups excluding carboxylic acids is 2. The molecule has 1 aliphatic heterocycles. The molecule has 0 spiro atoms. The lowest BCUT2D eigenvalue weighted by molar-refractivity contribution is -0.132. The largest absolute Gasteiger partial charge is 0.375 e. The van der Waals surface area contributed by atoms with E-state index in [0.29, 0.717) is 18.2 Å². The average Bonchev–Trinajstić information content (AvgIpc) is 2.79. The highest BCUT2D eigenvalue weighted by molar-refractivity contribution is 5.96. The first-order chi connectivity index (χ1) is 11.1. The molecule has 124 valence electrons. The minimum absolute atomic E-state index is 0.0485. The predicted molar refractivity (Wildman–Crippen MR) is 88.5 cm³/mol. The van der Waals surface area contributed by atoms with Gasteiger partial charge in [-0.05, 0) is 31.7 Å². The second-order valence-corrected chi connectivity index (χ2v) is 6.34. The Kier molecular flexibility index (Phi) is 4.36. The van der Waals surface area contributed by atoms with Crippen LogP contribution in [0.1, 0.15) is 25.7 Å². The molecule has 0 radical (unpaired) electrons. The van der Waals surface area contributed by atoms with Crippen LogP contribution in [0.3, 0.4) is 0 Å². The number of anilines is 2. The zero-order valence-electron chi connectivity index (χ0n) is 13.6. The summed E-state index contributed by atoms with van der Waals surface area (Å²) in [4.78, 5) is 32.4. The Labute approximate surface area is 136 Å². The van der Waals surface area contributed by atoms with E-state index in [9.17, 15) is 9.59 Å². The quantitative estimate of drug-likeness (QED) is 0.880. The molecular formula is C16H23N5O2. The van der Waals surface area contributed by atoms with Crippen LogP contribution in [0.2, 0.25) is 0 Å². The minimum Gasteiger partial charge on any atom is -0.375 e. The molecule has 3 rings (SSSR count). The fourth-order valence-corrected chi connectivity index (χ4v) is 3.06. The van der Waals surface area contributed by atoms with E-state index < -0.39 is 6.04 Å². The Morgan fingerprint density at radius 3 is 2.78 bits per heavy atom. The van der Waals surface area contributed by atoms with Gasteiger partial charge in [-0.1, -0.05) is 0 Å². The highest BCUT2D eigenvalue weighted by Gasteiger charge is 2.38. The van der Waals surface area contributed by atoms with Gasteiger partial charge in [-0.2, -0.15) is 0 Å². The summed E-state index contributed by atoms with van der Waals surface area (Å²) >= 11 is 0. The van der Waals surface area contributed by atoms with Crippen molar-refractivity contribution in [1.82, 2.24) is 15.2 Å². The maximum atomic E-state index is 12.4. The van der Waals surface area contributed by atoms with Crippen molar-refractivity contribution < 1.29 is 9.59 Å². The maximum Gasteiger partial charge on any atom is 0.319 e. The molecule has 0 bridgehead atoms. The molecule has 2 fully saturated rings. The van der Waals surface area contributed by atoms with Crippen LogP contribution < -0.4 is 15.5 Å². The Morgan fingerprint density at radius 1 is 1.35 bits per heavy atom. The number of pyridine rings is 1. The molecule has 2 aliphatic rings. The topological polar surface area (TPSA) is 77.6 Å². The van der Waals surface area contributed by atoms with E-state index in [-0.39, 0.29) is 11.9 Å². The number of amides is 3. The molecule has 1 aromatic heterocycles. The monoisotopic (exact) mass is 317 g/mol. The van der Waals surface area contributed by atoms with Crippen LogP contribution in [0.15, 0.2) is 18.5 Å². The summed E-state index contributed by atoms with van der Waals surface area (Å²) in [6.45, 7) is 0.743. The fraction of sp³-hybridized carbons (Fsp3) is 0.562. The fourth-order valence-electron chi connectivity index (χ4n) is 3.06.